The average Bonchev–Trinajstić information content (AvgIpc) is 2.81. The fourth-order valence-electron chi connectivity index (χ4n) is 2.40. The fraction of sp³-hybridized carbons (Fsp3) is 0.429. The number of aromatic nitrogens is 1. The first kappa shape index (κ1) is 10.7. The molecule has 0 spiro atoms. The van der Waals surface area contributed by atoms with Gasteiger partial charge in [-0.1, -0.05) is 6.07 Å². The maximum absolute atomic E-state index is 5.37. The van der Waals surface area contributed by atoms with Crippen molar-refractivity contribution >= 4 is 11.3 Å². The first-order valence-electron chi connectivity index (χ1n) is 6.31. The van der Waals surface area contributed by atoms with Crippen LogP contribution >= 0.6 is 0 Å². The summed E-state index contributed by atoms with van der Waals surface area (Å²) in [5, 5.41) is 3.54. The third-order valence-corrected chi connectivity index (χ3v) is 3.48. The van der Waals surface area contributed by atoms with Gasteiger partial charge in [-0.2, -0.15) is 0 Å². The van der Waals surface area contributed by atoms with E-state index in [0.29, 0.717) is 0 Å². The van der Waals surface area contributed by atoms with E-state index in [1.165, 1.54) is 24.2 Å². The lowest BCUT2D eigenvalue weighted by Gasteiger charge is -2.22. The van der Waals surface area contributed by atoms with Crippen LogP contribution in [0.2, 0.25) is 0 Å². The van der Waals surface area contributed by atoms with Gasteiger partial charge in [0.2, 0.25) is 0 Å². The smallest absolute Gasteiger partial charge is 0.110 e. The zero-order chi connectivity index (χ0) is 11.5. The molecule has 2 aromatic heterocycles. The Balaban J connectivity index is 1.68. The molecule has 3 rings (SSSR count). The number of nitrogens with zero attached hydrogens (tertiary/aromatic N) is 1. The van der Waals surface area contributed by atoms with Crippen molar-refractivity contribution < 1.29 is 4.74 Å². The largest absolute Gasteiger partial charge is 0.381 e. The van der Waals surface area contributed by atoms with Crippen LogP contribution in [0.5, 0.6) is 0 Å². The van der Waals surface area contributed by atoms with Crippen LogP contribution in [0, 0.1) is 5.92 Å². The highest BCUT2D eigenvalue weighted by atomic mass is 16.5. The van der Waals surface area contributed by atoms with E-state index in [0.717, 1.165) is 25.7 Å². The number of nitrogens with one attached hydrogen (secondary N) is 1. The molecule has 1 aliphatic heterocycles. The molecule has 0 aromatic carbocycles. The van der Waals surface area contributed by atoms with Gasteiger partial charge in [0.1, 0.15) is 5.82 Å². The van der Waals surface area contributed by atoms with E-state index in [1.54, 1.807) is 0 Å². The summed E-state index contributed by atoms with van der Waals surface area (Å²) in [5.41, 5.74) is 1.24. The van der Waals surface area contributed by atoms with Gasteiger partial charge >= 0.3 is 0 Å². The third kappa shape index (κ3) is 2.29. The molecule has 1 fully saturated rings. The van der Waals surface area contributed by atoms with Crippen LogP contribution in [0.25, 0.3) is 5.52 Å². The van der Waals surface area contributed by atoms with E-state index in [9.17, 15) is 0 Å². The number of hydrogen-bond donors (Lipinski definition) is 1. The summed E-state index contributed by atoms with van der Waals surface area (Å²) in [4.78, 5) is 0. The Morgan fingerprint density at radius 2 is 2.06 bits per heavy atom. The van der Waals surface area contributed by atoms with E-state index < -0.39 is 0 Å². The summed E-state index contributed by atoms with van der Waals surface area (Å²) in [6.45, 7) is 2.88. The lowest BCUT2D eigenvalue weighted by Crippen LogP contribution is -2.22. The summed E-state index contributed by atoms with van der Waals surface area (Å²) < 4.78 is 7.57. The summed E-state index contributed by atoms with van der Waals surface area (Å²) in [6.07, 6.45) is 4.45. The molecule has 3 heteroatoms. The highest BCUT2D eigenvalue weighted by molar-refractivity contribution is 5.57. The molecule has 0 unspecified atom stereocenters. The zero-order valence-corrected chi connectivity index (χ0v) is 9.93. The topological polar surface area (TPSA) is 25.7 Å². The predicted octanol–water partition coefficient (Wildman–Crippen LogP) is 2.78. The van der Waals surface area contributed by atoms with Gasteiger partial charge in [0.25, 0.3) is 0 Å². The van der Waals surface area contributed by atoms with E-state index in [4.69, 9.17) is 4.74 Å². The second-order valence-corrected chi connectivity index (χ2v) is 4.65. The summed E-state index contributed by atoms with van der Waals surface area (Å²) in [6, 6.07) is 10.5. The third-order valence-electron chi connectivity index (χ3n) is 3.48. The van der Waals surface area contributed by atoms with Gasteiger partial charge in [0.15, 0.2) is 0 Å². The molecule has 0 radical (unpaired) electrons. The van der Waals surface area contributed by atoms with Crippen LogP contribution in [0.3, 0.4) is 0 Å². The van der Waals surface area contributed by atoms with Crippen LogP contribution in [0.4, 0.5) is 5.82 Å². The molecule has 0 amide bonds. The summed E-state index contributed by atoms with van der Waals surface area (Å²) >= 11 is 0. The molecular weight excluding hydrogens is 212 g/mol. The van der Waals surface area contributed by atoms with Gasteiger partial charge < -0.3 is 14.5 Å². The molecule has 0 bridgehead atoms. The van der Waals surface area contributed by atoms with Crippen molar-refractivity contribution in [2.75, 3.05) is 25.1 Å². The Morgan fingerprint density at radius 3 is 2.94 bits per heavy atom. The van der Waals surface area contributed by atoms with Crippen LogP contribution in [0.1, 0.15) is 12.8 Å². The van der Waals surface area contributed by atoms with E-state index in [2.05, 4.69) is 46.2 Å². The predicted molar refractivity (Wildman–Crippen MR) is 69.4 cm³/mol. The van der Waals surface area contributed by atoms with Gasteiger partial charge in [-0.15, -0.1) is 0 Å². The number of anilines is 1. The van der Waals surface area contributed by atoms with Crippen LogP contribution in [0.15, 0.2) is 36.5 Å². The van der Waals surface area contributed by atoms with Gasteiger partial charge in [-0.25, -0.2) is 0 Å². The minimum Gasteiger partial charge on any atom is -0.381 e. The molecule has 1 N–H and O–H groups in total. The van der Waals surface area contributed by atoms with Crippen LogP contribution < -0.4 is 5.32 Å². The number of ether oxygens (including phenoxy) is 1. The Morgan fingerprint density at radius 1 is 1.18 bits per heavy atom. The van der Waals surface area contributed by atoms with Gasteiger partial charge in [-0.3, -0.25) is 0 Å². The molecule has 2 aromatic rings. The molecule has 0 atom stereocenters. The van der Waals surface area contributed by atoms with Gasteiger partial charge in [0, 0.05) is 31.5 Å². The number of rotatable bonds is 3. The van der Waals surface area contributed by atoms with Crippen molar-refractivity contribution in [3.63, 3.8) is 0 Å². The zero-order valence-electron chi connectivity index (χ0n) is 9.93. The first-order valence-corrected chi connectivity index (χ1v) is 6.31. The minimum absolute atomic E-state index is 0.748. The van der Waals surface area contributed by atoms with E-state index >= 15 is 0 Å². The molecule has 1 aliphatic rings. The first-order chi connectivity index (χ1) is 8.43. The molecule has 3 heterocycles. The Hall–Kier alpha value is -1.48. The van der Waals surface area contributed by atoms with E-state index in [-0.39, 0.29) is 0 Å². The molecular formula is C14H18N2O. The standard InChI is InChI=1S/C14H18N2O/c1-2-8-16-13(3-1)4-5-14(16)15-11-12-6-9-17-10-7-12/h1-5,8,12,15H,6-7,9-11H2. The Labute approximate surface area is 101 Å². The molecule has 1 saturated heterocycles. The second-order valence-electron chi connectivity index (χ2n) is 4.65. The van der Waals surface area contributed by atoms with Crippen molar-refractivity contribution in [2.45, 2.75) is 12.8 Å². The van der Waals surface area contributed by atoms with Crippen LogP contribution in [-0.4, -0.2) is 24.2 Å². The van der Waals surface area contributed by atoms with Crippen molar-refractivity contribution in [3.05, 3.63) is 36.5 Å². The van der Waals surface area contributed by atoms with Gasteiger partial charge in [-0.05, 0) is 43.0 Å². The van der Waals surface area contributed by atoms with Crippen molar-refractivity contribution in [1.29, 1.82) is 0 Å². The molecule has 17 heavy (non-hydrogen) atoms. The maximum atomic E-state index is 5.37. The minimum atomic E-state index is 0.748. The average molecular weight is 230 g/mol. The molecule has 3 nitrogen and oxygen atoms in total. The van der Waals surface area contributed by atoms with Gasteiger partial charge in [0.05, 0.1) is 0 Å². The quantitative estimate of drug-likeness (QED) is 0.877. The second kappa shape index (κ2) is 4.80. The monoisotopic (exact) mass is 230 g/mol. The number of fused-ring (bicyclic) bond motifs is 1. The molecule has 90 valence electrons. The molecule has 0 saturated carbocycles. The number of pyridine rings is 1. The highest BCUT2D eigenvalue weighted by Crippen LogP contribution is 2.18. The fourth-order valence-corrected chi connectivity index (χ4v) is 2.40. The van der Waals surface area contributed by atoms with Crippen molar-refractivity contribution in [3.8, 4) is 0 Å². The van der Waals surface area contributed by atoms with Crippen LogP contribution in [-0.2, 0) is 4.74 Å². The normalized spacial score (nSPS) is 17.4. The lowest BCUT2D eigenvalue weighted by atomic mass is 10.0. The highest BCUT2D eigenvalue weighted by Gasteiger charge is 2.13. The maximum Gasteiger partial charge on any atom is 0.110 e. The number of hydrogen-bond acceptors (Lipinski definition) is 2. The lowest BCUT2D eigenvalue weighted by molar-refractivity contribution is 0.0699. The van der Waals surface area contributed by atoms with E-state index in [1.807, 2.05) is 0 Å². The SMILES string of the molecule is c1ccn2c(NCC3CCOCC3)ccc2c1. The van der Waals surface area contributed by atoms with Crippen molar-refractivity contribution in [2.24, 2.45) is 5.92 Å². The Kier molecular flexibility index (Phi) is 3.01. The Bertz CT molecular complexity index is 486. The van der Waals surface area contributed by atoms with Crippen molar-refractivity contribution in [1.82, 2.24) is 4.40 Å². The molecule has 0 aliphatic carbocycles. The summed E-state index contributed by atoms with van der Waals surface area (Å²) in [5.74, 6) is 1.94. The summed E-state index contributed by atoms with van der Waals surface area (Å²) in [7, 11) is 0.